The normalized spacial score (nSPS) is 22.9. The summed E-state index contributed by atoms with van der Waals surface area (Å²) >= 11 is 0. The predicted molar refractivity (Wildman–Crippen MR) is 97.6 cm³/mol. The Morgan fingerprint density at radius 2 is 2.04 bits per heavy atom. The van der Waals surface area contributed by atoms with E-state index in [4.69, 9.17) is 0 Å². The van der Waals surface area contributed by atoms with E-state index in [1.807, 2.05) is 6.20 Å². The third-order valence-corrected chi connectivity index (χ3v) is 6.15. The lowest BCUT2D eigenvalue weighted by Crippen LogP contribution is -2.42. The molecular formula is C19H30N4O3. The molecule has 1 atom stereocenters. The molecule has 0 unspecified atom stereocenters. The Morgan fingerprint density at radius 1 is 1.35 bits per heavy atom. The lowest BCUT2D eigenvalue weighted by Gasteiger charge is -2.39. The molecule has 2 saturated heterocycles. The van der Waals surface area contributed by atoms with Gasteiger partial charge >= 0.3 is 5.97 Å². The fourth-order valence-corrected chi connectivity index (χ4v) is 4.47. The first-order chi connectivity index (χ1) is 12.3. The molecule has 3 heterocycles. The minimum Gasteiger partial charge on any atom is -0.480 e. The molecule has 1 aromatic heterocycles. The summed E-state index contributed by atoms with van der Waals surface area (Å²) in [6.07, 6.45) is 5.53. The molecule has 3 rings (SSSR count). The molecular weight excluding hydrogens is 332 g/mol. The van der Waals surface area contributed by atoms with E-state index in [9.17, 15) is 14.7 Å². The van der Waals surface area contributed by atoms with Crippen molar-refractivity contribution < 1.29 is 14.7 Å². The predicted octanol–water partition coefficient (Wildman–Crippen LogP) is 1.89. The van der Waals surface area contributed by atoms with Gasteiger partial charge in [-0.05, 0) is 51.1 Å². The highest BCUT2D eigenvalue weighted by Gasteiger charge is 2.49. The molecule has 7 heteroatoms. The van der Waals surface area contributed by atoms with Crippen LogP contribution in [0.1, 0.15) is 50.8 Å². The molecule has 0 bridgehead atoms. The second-order valence-electron chi connectivity index (χ2n) is 7.96. The summed E-state index contributed by atoms with van der Waals surface area (Å²) in [6.45, 7) is 10.1. The quantitative estimate of drug-likeness (QED) is 0.865. The first kappa shape index (κ1) is 18.9. The number of carboxylic acids is 1. The number of aromatic nitrogens is 2. The minimum absolute atomic E-state index is 0.0351. The summed E-state index contributed by atoms with van der Waals surface area (Å²) in [6, 6.07) is -0.659. The van der Waals surface area contributed by atoms with Gasteiger partial charge in [0, 0.05) is 37.8 Å². The Hall–Kier alpha value is -1.89. The van der Waals surface area contributed by atoms with Crippen LogP contribution in [0, 0.1) is 12.3 Å². The van der Waals surface area contributed by atoms with Gasteiger partial charge in [0.1, 0.15) is 6.04 Å². The molecule has 2 aliphatic rings. The second-order valence-corrected chi connectivity index (χ2v) is 7.96. The molecule has 0 saturated carbocycles. The van der Waals surface area contributed by atoms with E-state index in [0.717, 1.165) is 45.4 Å². The number of carboxylic acid groups (broad SMARTS) is 1. The lowest BCUT2D eigenvalue weighted by atomic mass is 9.76. The fourth-order valence-electron chi connectivity index (χ4n) is 4.47. The first-order valence-corrected chi connectivity index (χ1v) is 9.59. The van der Waals surface area contributed by atoms with E-state index in [-0.39, 0.29) is 11.3 Å². The maximum absolute atomic E-state index is 11.8. The zero-order valence-electron chi connectivity index (χ0n) is 16.1. The largest absolute Gasteiger partial charge is 0.480 e. The summed E-state index contributed by atoms with van der Waals surface area (Å²) in [5.74, 6) is -1.01. The number of aliphatic carboxylic acids is 1. The summed E-state index contributed by atoms with van der Waals surface area (Å²) < 4.78 is 2.07. The van der Waals surface area contributed by atoms with E-state index in [1.54, 1.807) is 4.90 Å². The van der Waals surface area contributed by atoms with Crippen molar-refractivity contribution in [2.24, 2.45) is 5.41 Å². The Labute approximate surface area is 155 Å². The molecule has 0 radical (unpaired) electrons. The summed E-state index contributed by atoms with van der Waals surface area (Å²) in [5.41, 5.74) is 2.48. The number of hydrogen-bond acceptors (Lipinski definition) is 4. The van der Waals surface area contributed by atoms with Crippen LogP contribution < -0.4 is 0 Å². The highest BCUT2D eigenvalue weighted by molar-refractivity contribution is 5.83. The number of nitrogens with zero attached hydrogens (tertiary/aromatic N) is 4. The van der Waals surface area contributed by atoms with Crippen LogP contribution in [0.15, 0.2) is 6.20 Å². The Bertz CT molecular complexity index is 652. The van der Waals surface area contributed by atoms with Gasteiger partial charge in [0.15, 0.2) is 0 Å². The maximum Gasteiger partial charge on any atom is 0.326 e. The average molecular weight is 362 g/mol. The third-order valence-electron chi connectivity index (χ3n) is 6.15. The molecule has 1 amide bonds. The molecule has 7 nitrogen and oxygen atoms in total. The molecule has 26 heavy (non-hydrogen) atoms. The van der Waals surface area contributed by atoms with Gasteiger partial charge in [0.25, 0.3) is 0 Å². The summed E-state index contributed by atoms with van der Waals surface area (Å²) in [5, 5.41) is 13.9. The first-order valence-electron chi connectivity index (χ1n) is 9.59. The van der Waals surface area contributed by atoms with Crippen molar-refractivity contribution in [3.63, 3.8) is 0 Å². The molecule has 0 aromatic carbocycles. The molecule has 1 aromatic rings. The molecule has 0 aliphatic carbocycles. The van der Waals surface area contributed by atoms with Crippen LogP contribution in [-0.4, -0.2) is 62.2 Å². The van der Waals surface area contributed by atoms with Crippen LogP contribution in [0.4, 0.5) is 0 Å². The van der Waals surface area contributed by atoms with Crippen LogP contribution in [0.3, 0.4) is 0 Å². The van der Waals surface area contributed by atoms with Crippen molar-refractivity contribution >= 4 is 11.9 Å². The molecule has 2 aliphatic heterocycles. The minimum atomic E-state index is -0.876. The van der Waals surface area contributed by atoms with Crippen LogP contribution in [0.25, 0.3) is 0 Å². The SMILES string of the molecule is CCCn1ncc(CN2CCC3(CC2)C[C@@H](C(=O)O)N(C(C)=O)C3)c1C. The third kappa shape index (κ3) is 3.63. The van der Waals surface area contributed by atoms with Crippen molar-refractivity contribution in [2.45, 2.75) is 65.6 Å². The highest BCUT2D eigenvalue weighted by atomic mass is 16.4. The zero-order valence-corrected chi connectivity index (χ0v) is 16.1. The maximum atomic E-state index is 11.8. The molecule has 144 valence electrons. The van der Waals surface area contributed by atoms with Gasteiger partial charge in [-0.2, -0.15) is 5.10 Å². The van der Waals surface area contributed by atoms with E-state index >= 15 is 0 Å². The number of rotatable bonds is 5. The summed E-state index contributed by atoms with van der Waals surface area (Å²) in [7, 11) is 0. The van der Waals surface area contributed by atoms with Crippen molar-refractivity contribution in [3.05, 3.63) is 17.5 Å². The number of amides is 1. The Kier molecular flexibility index (Phi) is 5.37. The number of aryl methyl sites for hydroxylation is 1. The highest BCUT2D eigenvalue weighted by Crippen LogP contribution is 2.43. The molecule has 2 fully saturated rings. The topological polar surface area (TPSA) is 78.7 Å². The van der Waals surface area contributed by atoms with Gasteiger partial charge in [0.05, 0.1) is 6.20 Å². The number of carbonyl (C=O) groups is 2. The van der Waals surface area contributed by atoms with Crippen LogP contribution >= 0.6 is 0 Å². The Morgan fingerprint density at radius 3 is 2.58 bits per heavy atom. The van der Waals surface area contributed by atoms with Gasteiger partial charge in [0.2, 0.25) is 5.91 Å². The number of likely N-dealkylation sites (tertiary alicyclic amines) is 2. The number of hydrogen-bond donors (Lipinski definition) is 1. The zero-order chi connectivity index (χ0) is 18.9. The standard InChI is InChI=1S/C19H30N4O3/c1-4-7-23-14(2)16(11-20-23)12-21-8-5-19(6-9-21)10-17(18(25)26)22(13-19)15(3)24/h11,17H,4-10,12-13H2,1-3H3,(H,25,26)/t17-/m0/s1. The van der Waals surface area contributed by atoms with E-state index in [1.165, 1.54) is 18.2 Å². The van der Waals surface area contributed by atoms with Gasteiger partial charge in [-0.15, -0.1) is 0 Å². The van der Waals surface area contributed by atoms with Gasteiger partial charge in [-0.3, -0.25) is 14.4 Å². The van der Waals surface area contributed by atoms with E-state index in [0.29, 0.717) is 13.0 Å². The van der Waals surface area contributed by atoms with Crippen LogP contribution in [0.2, 0.25) is 0 Å². The monoisotopic (exact) mass is 362 g/mol. The van der Waals surface area contributed by atoms with Gasteiger partial charge in [-0.25, -0.2) is 4.79 Å². The van der Waals surface area contributed by atoms with Gasteiger partial charge in [-0.1, -0.05) is 6.92 Å². The lowest BCUT2D eigenvalue weighted by molar-refractivity contribution is -0.147. The average Bonchev–Trinajstić information content (AvgIpc) is 3.14. The van der Waals surface area contributed by atoms with Crippen molar-refractivity contribution in [2.75, 3.05) is 19.6 Å². The smallest absolute Gasteiger partial charge is 0.326 e. The van der Waals surface area contributed by atoms with Crippen molar-refractivity contribution in [1.29, 1.82) is 0 Å². The van der Waals surface area contributed by atoms with Gasteiger partial charge < -0.3 is 10.0 Å². The van der Waals surface area contributed by atoms with E-state index in [2.05, 4.69) is 28.5 Å². The fraction of sp³-hybridized carbons (Fsp3) is 0.737. The number of piperidine rings is 1. The molecule has 1 spiro atoms. The molecule has 1 N–H and O–H groups in total. The van der Waals surface area contributed by atoms with Crippen LogP contribution in [-0.2, 0) is 22.7 Å². The van der Waals surface area contributed by atoms with Crippen molar-refractivity contribution in [1.82, 2.24) is 19.6 Å². The second kappa shape index (κ2) is 7.39. The van der Waals surface area contributed by atoms with E-state index < -0.39 is 12.0 Å². The Balaban J connectivity index is 1.61. The van der Waals surface area contributed by atoms with Crippen molar-refractivity contribution in [3.8, 4) is 0 Å². The van der Waals surface area contributed by atoms with Crippen LogP contribution in [0.5, 0.6) is 0 Å². The summed E-state index contributed by atoms with van der Waals surface area (Å²) in [4.78, 5) is 27.3. The number of carbonyl (C=O) groups excluding carboxylic acids is 1.